The third-order valence-electron chi connectivity index (χ3n) is 2.62. The van der Waals surface area contributed by atoms with E-state index in [0.29, 0.717) is 24.7 Å². The minimum Gasteiger partial charge on any atom is -0.493 e. The van der Waals surface area contributed by atoms with Crippen molar-refractivity contribution in [2.24, 2.45) is 5.73 Å². The molecule has 0 amide bonds. The summed E-state index contributed by atoms with van der Waals surface area (Å²) in [4.78, 5) is 4.21. The summed E-state index contributed by atoms with van der Waals surface area (Å²) in [7, 11) is 1.61. The molecule has 5 heteroatoms. The zero-order valence-corrected chi connectivity index (χ0v) is 12.2. The Labute approximate surface area is 120 Å². The number of rotatable bonds is 5. The number of nitrogens with two attached hydrogens (primary N) is 1. The molecule has 1 heterocycles. The summed E-state index contributed by atoms with van der Waals surface area (Å²) in [5.74, 6) is 1.32. The van der Waals surface area contributed by atoms with Gasteiger partial charge in [0.25, 0.3) is 0 Å². The Morgan fingerprint density at radius 1 is 1.32 bits per heavy atom. The van der Waals surface area contributed by atoms with Crippen LogP contribution < -0.4 is 15.2 Å². The molecule has 2 N–H and O–H groups in total. The lowest BCUT2D eigenvalue weighted by atomic mass is 10.2. The van der Waals surface area contributed by atoms with Gasteiger partial charge in [-0.3, -0.25) is 4.98 Å². The maximum absolute atomic E-state index is 5.77. The van der Waals surface area contributed by atoms with Gasteiger partial charge in [-0.2, -0.15) is 0 Å². The van der Waals surface area contributed by atoms with E-state index in [1.165, 1.54) is 0 Å². The molecule has 19 heavy (non-hydrogen) atoms. The van der Waals surface area contributed by atoms with Crippen molar-refractivity contribution < 1.29 is 9.47 Å². The van der Waals surface area contributed by atoms with Gasteiger partial charge in [-0.05, 0) is 45.8 Å². The smallest absolute Gasteiger partial charge is 0.175 e. The summed E-state index contributed by atoms with van der Waals surface area (Å²) in [5, 5.41) is 0. The van der Waals surface area contributed by atoms with E-state index in [-0.39, 0.29) is 0 Å². The molecule has 0 spiro atoms. The second-order valence-corrected chi connectivity index (χ2v) is 4.78. The van der Waals surface area contributed by atoms with E-state index in [2.05, 4.69) is 20.9 Å². The molecule has 0 aliphatic heterocycles. The van der Waals surface area contributed by atoms with Gasteiger partial charge >= 0.3 is 0 Å². The molecule has 2 aromatic rings. The van der Waals surface area contributed by atoms with Crippen molar-refractivity contribution in [2.75, 3.05) is 7.11 Å². The Morgan fingerprint density at radius 3 is 2.79 bits per heavy atom. The summed E-state index contributed by atoms with van der Waals surface area (Å²) in [6, 6.07) is 9.51. The number of aromatic nitrogens is 1. The van der Waals surface area contributed by atoms with E-state index < -0.39 is 0 Å². The van der Waals surface area contributed by atoms with Crippen LogP contribution in [0.2, 0.25) is 0 Å². The van der Waals surface area contributed by atoms with Gasteiger partial charge in [-0.15, -0.1) is 0 Å². The molecular formula is C14H15BrN2O2. The number of pyridine rings is 1. The van der Waals surface area contributed by atoms with Crippen molar-refractivity contribution in [1.29, 1.82) is 0 Å². The quantitative estimate of drug-likeness (QED) is 0.919. The van der Waals surface area contributed by atoms with Gasteiger partial charge in [0.2, 0.25) is 0 Å². The van der Waals surface area contributed by atoms with Crippen LogP contribution in [0.5, 0.6) is 11.5 Å². The van der Waals surface area contributed by atoms with Crippen molar-refractivity contribution in [2.45, 2.75) is 13.2 Å². The van der Waals surface area contributed by atoms with E-state index in [4.69, 9.17) is 15.2 Å². The first-order chi connectivity index (χ1) is 9.24. The second-order valence-electron chi connectivity index (χ2n) is 3.92. The number of hydrogen-bond acceptors (Lipinski definition) is 4. The van der Waals surface area contributed by atoms with Crippen molar-refractivity contribution in [3.63, 3.8) is 0 Å². The van der Waals surface area contributed by atoms with Crippen molar-refractivity contribution in [1.82, 2.24) is 4.98 Å². The zero-order valence-electron chi connectivity index (χ0n) is 10.6. The molecular weight excluding hydrogens is 308 g/mol. The Hall–Kier alpha value is -1.59. The van der Waals surface area contributed by atoms with Crippen LogP contribution in [0.1, 0.15) is 11.3 Å². The van der Waals surface area contributed by atoms with Crippen LogP contribution in [-0.2, 0) is 13.2 Å². The summed E-state index contributed by atoms with van der Waals surface area (Å²) < 4.78 is 11.9. The molecule has 0 unspecified atom stereocenters. The Kier molecular flexibility index (Phi) is 4.76. The van der Waals surface area contributed by atoms with E-state index in [9.17, 15) is 0 Å². The Morgan fingerprint density at radius 2 is 2.16 bits per heavy atom. The lowest BCUT2D eigenvalue weighted by molar-refractivity contribution is 0.278. The van der Waals surface area contributed by atoms with Crippen LogP contribution >= 0.6 is 15.9 Å². The molecule has 0 aliphatic rings. The highest BCUT2D eigenvalue weighted by molar-refractivity contribution is 9.10. The van der Waals surface area contributed by atoms with Crippen LogP contribution in [0.25, 0.3) is 0 Å². The van der Waals surface area contributed by atoms with E-state index in [0.717, 1.165) is 15.7 Å². The summed E-state index contributed by atoms with van der Waals surface area (Å²) in [6.07, 6.45) is 1.74. The van der Waals surface area contributed by atoms with Crippen LogP contribution in [0.3, 0.4) is 0 Å². The Bertz CT molecular complexity index is 547. The van der Waals surface area contributed by atoms with Gasteiger partial charge in [0.05, 0.1) is 17.3 Å². The molecule has 0 fully saturated rings. The highest BCUT2D eigenvalue weighted by Crippen LogP contribution is 2.36. The fourth-order valence-corrected chi connectivity index (χ4v) is 2.26. The topological polar surface area (TPSA) is 57.4 Å². The predicted molar refractivity (Wildman–Crippen MR) is 77.2 cm³/mol. The van der Waals surface area contributed by atoms with Crippen molar-refractivity contribution in [3.8, 4) is 11.5 Å². The molecule has 0 atom stereocenters. The first kappa shape index (κ1) is 13.8. The van der Waals surface area contributed by atoms with Gasteiger partial charge < -0.3 is 15.2 Å². The fraction of sp³-hybridized carbons (Fsp3) is 0.214. The molecule has 1 aromatic heterocycles. The second kappa shape index (κ2) is 6.54. The number of halogens is 1. The van der Waals surface area contributed by atoms with Crippen LogP contribution in [0.15, 0.2) is 41.0 Å². The predicted octanol–water partition coefficient (Wildman–Crippen LogP) is 2.89. The third-order valence-corrected chi connectivity index (χ3v) is 3.20. The molecule has 0 saturated heterocycles. The largest absolute Gasteiger partial charge is 0.493 e. The number of benzene rings is 1. The number of methoxy groups -OCH3 is 1. The lowest BCUT2D eigenvalue weighted by Gasteiger charge is -2.13. The molecule has 0 saturated carbocycles. The average Bonchev–Trinajstić information content (AvgIpc) is 2.46. The van der Waals surface area contributed by atoms with Crippen molar-refractivity contribution >= 4 is 15.9 Å². The highest BCUT2D eigenvalue weighted by atomic mass is 79.9. The highest BCUT2D eigenvalue weighted by Gasteiger charge is 2.11. The van der Waals surface area contributed by atoms with E-state index in [1.807, 2.05) is 30.3 Å². The van der Waals surface area contributed by atoms with Crippen LogP contribution in [0.4, 0.5) is 0 Å². The zero-order chi connectivity index (χ0) is 13.7. The normalized spacial score (nSPS) is 10.3. The summed E-state index contributed by atoms with van der Waals surface area (Å²) >= 11 is 3.47. The van der Waals surface area contributed by atoms with Crippen LogP contribution in [-0.4, -0.2) is 12.1 Å². The first-order valence-electron chi connectivity index (χ1n) is 5.83. The monoisotopic (exact) mass is 322 g/mol. The van der Waals surface area contributed by atoms with E-state index in [1.54, 1.807) is 13.3 Å². The minimum atomic E-state index is 0.387. The van der Waals surface area contributed by atoms with Gasteiger partial charge in [0.1, 0.15) is 6.61 Å². The van der Waals surface area contributed by atoms with E-state index >= 15 is 0 Å². The SMILES string of the molecule is COc1cc(CN)cc(Br)c1OCc1ccccn1. The van der Waals surface area contributed by atoms with Gasteiger partial charge in [-0.1, -0.05) is 6.07 Å². The minimum absolute atomic E-state index is 0.387. The molecule has 4 nitrogen and oxygen atoms in total. The molecule has 0 aliphatic carbocycles. The first-order valence-corrected chi connectivity index (χ1v) is 6.63. The van der Waals surface area contributed by atoms with Gasteiger partial charge in [0, 0.05) is 12.7 Å². The Balaban J connectivity index is 2.20. The standard InChI is InChI=1S/C14H15BrN2O2/c1-18-13-7-10(8-16)6-12(15)14(13)19-9-11-4-2-3-5-17-11/h2-7H,8-9,16H2,1H3. The number of ether oxygens (including phenoxy) is 2. The summed E-state index contributed by atoms with van der Waals surface area (Å²) in [5.41, 5.74) is 7.47. The average molecular weight is 323 g/mol. The molecule has 2 rings (SSSR count). The number of nitrogens with zero attached hydrogens (tertiary/aromatic N) is 1. The third kappa shape index (κ3) is 3.45. The lowest BCUT2D eigenvalue weighted by Crippen LogP contribution is -2.02. The van der Waals surface area contributed by atoms with Crippen molar-refractivity contribution in [3.05, 3.63) is 52.3 Å². The molecule has 100 valence electrons. The van der Waals surface area contributed by atoms with Gasteiger partial charge in [0.15, 0.2) is 11.5 Å². The maximum atomic E-state index is 5.77. The van der Waals surface area contributed by atoms with Gasteiger partial charge in [-0.25, -0.2) is 0 Å². The molecule has 0 bridgehead atoms. The maximum Gasteiger partial charge on any atom is 0.175 e. The fourth-order valence-electron chi connectivity index (χ4n) is 1.66. The number of hydrogen-bond donors (Lipinski definition) is 1. The molecule has 1 aromatic carbocycles. The molecule has 0 radical (unpaired) electrons. The summed E-state index contributed by atoms with van der Waals surface area (Å²) in [6.45, 7) is 0.841. The van der Waals surface area contributed by atoms with Crippen LogP contribution in [0, 0.1) is 0 Å².